The molecule has 1 rings (SSSR count). The fourth-order valence-corrected chi connectivity index (χ4v) is 1.42. The first-order chi connectivity index (χ1) is 6.66. The Morgan fingerprint density at radius 2 is 2.29 bits per heavy atom. The third kappa shape index (κ3) is 2.70. The minimum atomic E-state index is 0.528. The summed E-state index contributed by atoms with van der Waals surface area (Å²) in [5.74, 6) is 0. The van der Waals surface area contributed by atoms with Gasteiger partial charge in [0.05, 0.1) is 18.9 Å². The van der Waals surface area contributed by atoms with E-state index in [2.05, 4.69) is 10.4 Å². The van der Waals surface area contributed by atoms with E-state index in [1.807, 2.05) is 21.0 Å². The summed E-state index contributed by atoms with van der Waals surface area (Å²) in [6.07, 6.45) is 0. The van der Waals surface area contributed by atoms with Crippen LogP contribution in [-0.2, 0) is 18.4 Å². The molecule has 0 aromatic carbocycles. The number of likely N-dealkylation sites (N-methyl/N-ethyl adjacent to an activating group) is 1. The van der Waals surface area contributed by atoms with Gasteiger partial charge in [-0.2, -0.15) is 5.10 Å². The van der Waals surface area contributed by atoms with Crippen molar-refractivity contribution < 1.29 is 4.74 Å². The lowest BCUT2D eigenvalue weighted by Crippen LogP contribution is -2.14. The van der Waals surface area contributed by atoms with Crippen molar-refractivity contribution in [3.63, 3.8) is 0 Å². The average molecular weight is 218 g/mol. The molecule has 0 spiro atoms. The number of hydrogen-bond acceptors (Lipinski definition) is 3. The highest BCUT2D eigenvalue weighted by Crippen LogP contribution is 2.19. The smallest absolute Gasteiger partial charge is 0.132 e. The molecule has 14 heavy (non-hydrogen) atoms. The Bertz CT molecular complexity index is 298. The fourth-order valence-electron chi connectivity index (χ4n) is 1.19. The van der Waals surface area contributed by atoms with E-state index in [-0.39, 0.29) is 0 Å². The van der Waals surface area contributed by atoms with Crippen LogP contribution >= 0.6 is 11.6 Å². The summed E-state index contributed by atoms with van der Waals surface area (Å²) in [5, 5.41) is 7.87. The van der Waals surface area contributed by atoms with Gasteiger partial charge in [-0.25, -0.2) is 0 Å². The summed E-state index contributed by atoms with van der Waals surface area (Å²) in [6.45, 7) is 3.99. The Morgan fingerprint density at radius 3 is 2.79 bits per heavy atom. The SMILES string of the molecule is CNCCOCc1c(C)nn(C)c1Cl. The van der Waals surface area contributed by atoms with Gasteiger partial charge in [-0.15, -0.1) is 0 Å². The van der Waals surface area contributed by atoms with Crippen LogP contribution in [0.3, 0.4) is 0 Å². The van der Waals surface area contributed by atoms with E-state index in [1.165, 1.54) is 0 Å². The maximum absolute atomic E-state index is 6.03. The number of hydrogen-bond donors (Lipinski definition) is 1. The summed E-state index contributed by atoms with van der Waals surface area (Å²) in [7, 11) is 3.72. The van der Waals surface area contributed by atoms with E-state index < -0.39 is 0 Å². The number of halogens is 1. The average Bonchev–Trinajstić information content (AvgIpc) is 2.38. The highest BCUT2D eigenvalue weighted by molar-refractivity contribution is 6.30. The molecule has 0 saturated heterocycles. The van der Waals surface area contributed by atoms with E-state index in [0.717, 1.165) is 17.8 Å². The predicted octanol–water partition coefficient (Wildman–Crippen LogP) is 1.12. The predicted molar refractivity (Wildman–Crippen MR) is 56.5 cm³/mol. The van der Waals surface area contributed by atoms with Gasteiger partial charge < -0.3 is 10.1 Å². The molecule has 1 N–H and O–H groups in total. The van der Waals surface area contributed by atoms with Crippen molar-refractivity contribution in [2.45, 2.75) is 13.5 Å². The highest BCUT2D eigenvalue weighted by atomic mass is 35.5. The molecule has 5 heteroatoms. The fraction of sp³-hybridized carbons (Fsp3) is 0.667. The van der Waals surface area contributed by atoms with Crippen molar-refractivity contribution in [2.24, 2.45) is 7.05 Å². The van der Waals surface area contributed by atoms with E-state index in [9.17, 15) is 0 Å². The first-order valence-corrected chi connectivity index (χ1v) is 4.95. The lowest BCUT2D eigenvalue weighted by atomic mass is 10.3. The Kier molecular flexibility index (Phi) is 4.38. The summed E-state index contributed by atoms with van der Waals surface area (Å²) in [6, 6.07) is 0. The van der Waals surface area contributed by atoms with Crippen LogP contribution in [0.4, 0.5) is 0 Å². The third-order valence-corrected chi connectivity index (χ3v) is 2.49. The molecule has 0 aliphatic rings. The molecule has 1 heterocycles. The first kappa shape index (κ1) is 11.5. The molecule has 0 saturated carbocycles. The molecule has 1 aromatic rings. The van der Waals surface area contributed by atoms with Gasteiger partial charge in [-0.3, -0.25) is 4.68 Å². The second-order valence-electron chi connectivity index (χ2n) is 3.13. The van der Waals surface area contributed by atoms with Gasteiger partial charge in [0.1, 0.15) is 5.15 Å². The van der Waals surface area contributed by atoms with Gasteiger partial charge in [0.2, 0.25) is 0 Å². The molecule has 0 bridgehead atoms. The van der Waals surface area contributed by atoms with Crippen molar-refractivity contribution in [2.75, 3.05) is 20.2 Å². The van der Waals surface area contributed by atoms with Crippen LogP contribution in [-0.4, -0.2) is 30.0 Å². The topological polar surface area (TPSA) is 39.1 Å². The van der Waals surface area contributed by atoms with Gasteiger partial charge in [0.25, 0.3) is 0 Å². The van der Waals surface area contributed by atoms with Crippen molar-refractivity contribution >= 4 is 11.6 Å². The Hall–Kier alpha value is -0.580. The molecule has 0 aliphatic carbocycles. The van der Waals surface area contributed by atoms with E-state index in [4.69, 9.17) is 16.3 Å². The number of rotatable bonds is 5. The van der Waals surface area contributed by atoms with E-state index in [0.29, 0.717) is 18.4 Å². The second-order valence-corrected chi connectivity index (χ2v) is 3.49. The molecule has 0 amide bonds. The van der Waals surface area contributed by atoms with Gasteiger partial charge in [0.15, 0.2) is 0 Å². The normalized spacial score (nSPS) is 10.9. The zero-order valence-electron chi connectivity index (χ0n) is 8.80. The van der Waals surface area contributed by atoms with Gasteiger partial charge >= 0.3 is 0 Å². The number of nitrogens with one attached hydrogen (secondary N) is 1. The molecule has 0 unspecified atom stereocenters. The Balaban J connectivity index is 2.49. The molecule has 0 fully saturated rings. The zero-order valence-corrected chi connectivity index (χ0v) is 9.56. The molecule has 80 valence electrons. The summed E-state index contributed by atoms with van der Waals surface area (Å²) in [5.41, 5.74) is 1.91. The van der Waals surface area contributed by atoms with Crippen LogP contribution in [0.1, 0.15) is 11.3 Å². The maximum Gasteiger partial charge on any atom is 0.132 e. The van der Waals surface area contributed by atoms with Crippen molar-refractivity contribution in [3.8, 4) is 0 Å². The molecule has 4 nitrogen and oxygen atoms in total. The maximum atomic E-state index is 6.03. The quantitative estimate of drug-likeness (QED) is 0.752. The van der Waals surface area contributed by atoms with Gasteiger partial charge in [0, 0.05) is 19.2 Å². The molecule has 0 aliphatic heterocycles. The number of nitrogens with zero attached hydrogens (tertiary/aromatic N) is 2. The standard InChI is InChI=1S/C9H16ClN3O/c1-7-8(6-14-5-4-11-2)9(10)13(3)12-7/h11H,4-6H2,1-3H3. The monoisotopic (exact) mass is 217 g/mol. The van der Waals surface area contributed by atoms with Crippen LogP contribution in [0.5, 0.6) is 0 Å². The molecular weight excluding hydrogens is 202 g/mol. The van der Waals surface area contributed by atoms with Crippen LogP contribution < -0.4 is 5.32 Å². The van der Waals surface area contributed by atoms with Crippen LogP contribution in [0.15, 0.2) is 0 Å². The minimum absolute atomic E-state index is 0.528. The van der Waals surface area contributed by atoms with Crippen molar-refractivity contribution in [1.29, 1.82) is 0 Å². The van der Waals surface area contributed by atoms with Crippen molar-refractivity contribution in [1.82, 2.24) is 15.1 Å². The minimum Gasteiger partial charge on any atom is -0.375 e. The summed E-state index contributed by atoms with van der Waals surface area (Å²) < 4.78 is 7.10. The number of aromatic nitrogens is 2. The molecule has 1 aromatic heterocycles. The lowest BCUT2D eigenvalue weighted by Gasteiger charge is -2.03. The molecule has 0 radical (unpaired) electrons. The van der Waals surface area contributed by atoms with Crippen LogP contribution in [0.2, 0.25) is 5.15 Å². The number of ether oxygens (including phenoxy) is 1. The number of aryl methyl sites for hydroxylation is 2. The second kappa shape index (κ2) is 5.34. The summed E-state index contributed by atoms with van der Waals surface area (Å²) >= 11 is 6.03. The molecular formula is C9H16ClN3O. The van der Waals surface area contributed by atoms with Crippen LogP contribution in [0, 0.1) is 6.92 Å². The molecule has 0 atom stereocenters. The largest absolute Gasteiger partial charge is 0.375 e. The van der Waals surface area contributed by atoms with Crippen molar-refractivity contribution in [3.05, 3.63) is 16.4 Å². The zero-order chi connectivity index (χ0) is 10.6. The van der Waals surface area contributed by atoms with E-state index >= 15 is 0 Å². The van der Waals surface area contributed by atoms with Crippen LogP contribution in [0.25, 0.3) is 0 Å². The van der Waals surface area contributed by atoms with E-state index in [1.54, 1.807) is 4.68 Å². The Labute approximate surface area is 89.2 Å². The first-order valence-electron chi connectivity index (χ1n) is 4.57. The summed E-state index contributed by atoms with van der Waals surface area (Å²) in [4.78, 5) is 0. The van der Waals surface area contributed by atoms with Gasteiger partial charge in [-0.05, 0) is 14.0 Å². The highest BCUT2D eigenvalue weighted by Gasteiger charge is 2.10. The van der Waals surface area contributed by atoms with Gasteiger partial charge in [-0.1, -0.05) is 11.6 Å². The third-order valence-electron chi connectivity index (χ3n) is 2.01. The Morgan fingerprint density at radius 1 is 1.57 bits per heavy atom. The lowest BCUT2D eigenvalue weighted by molar-refractivity contribution is 0.123.